The molecule has 0 aromatic heterocycles. The molecule has 0 heterocycles. The first-order valence-corrected chi connectivity index (χ1v) is 8.47. The largest absolute Gasteiger partial charge is 0.494 e. The van der Waals surface area contributed by atoms with Gasteiger partial charge in [0.2, 0.25) is 0 Å². The fourth-order valence-corrected chi connectivity index (χ4v) is 2.19. The van der Waals surface area contributed by atoms with Gasteiger partial charge >= 0.3 is 0 Å². The number of ether oxygens (including phenoxy) is 1. The van der Waals surface area contributed by atoms with Gasteiger partial charge in [0.05, 0.1) is 6.61 Å². The summed E-state index contributed by atoms with van der Waals surface area (Å²) in [6, 6.07) is 15.8. The normalized spacial score (nSPS) is 10.6. The van der Waals surface area contributed by atoms with Gasteiger partial charge < -0.3 is 15.4 Å². The average Bonchev–Trinajstić information content (AvgIpc) is 2.54. The maximum Gasteiger partial charge on any atom is 0.119 e. The molecule has 0 fully saturated rings. The van der Waals surface area contributed by atoms with Crippen LogP contribution >= 0.6 is 11.6 Å². The van der Waals surface area contributed by atoms with Gasteiger partial charge in [0.15, 0.2) is 0 Å². The summed E-state index contributed by atoms with van der Waals surface area (Å²) in [5.41, 5.74) is 2.17. The van der Waals surface area contributed by atoms with Gasteiger partial charge in [-0.05, 0) is 60.9 Å². The summed E-state index contributed by atoms with van der Waals surface area (Å²) in [4.78, 5) is 0. The van der Waals surface area contributed by atoms with Crippen LogP contribution in [0.1, 0.15) is 20.3 Å². The standard InChI is InChI=1S/C19H25ClN2O/c1-15(2)11-14-23-19-9-7-18(8-10-19)22-13-12-21-17-5-3-16(20)4-6-17/h3-10,15,21-22H,11-14H2,1-2H3. The van der Waals surface area contributed by atoms with Crippen molar-refractivity contribution in [1.82, 2.24) is 0 Å². The molecule has 0 aliphatic carbocycles. The van der Waals surface area contributed by atoms with Gasteiger partial charge in [-0.15, -0.1) is 0 Å². The number of benzene rings is 2. The van der Waals surface area contributed by atoms with Crippen LogP contribution in [0.4, 0.5) is 11.4 Å². The molecule has 2 rings (SSSR count). The van der Waals surface area contributed by atoms with Crippen LogP contribution in [0.5, 0.6) is 5.75 Å². The third-order valence-electron chi connectivity index (χ3n) is 3.45. The molecule has 0 spiro atoms. The molecule has 0 radical (unpaired) electrons. The molecule has 0 aliphatic rings. The Kier molecular flexibility index (Phi) is 7.08. The third kappa shape index (κ3) is 6.83. The van der Waals surface area contributed by atoms with Crippen LogP contribution in [0.2, 0.25) is 5.02 Å². The van der Waals surface area contributed by atoms with Crippen molar-refractivity contribution in [3.8, 4) is 5.75 Å². The highest BCUT2D eigenvalue weighted by Gasteiger charge is 1.98. The molecule has 2 N–H and O–H groups in total. The number of hydrogen-bond acceptors (Lipinski definition) is 3. The summed E-state index contributed by atoms with van der Waals surface area (Å²) in [5.74, 6) is 1.60. The van der Waals surface area contributed by atoms with Gasteiger partial charge in [-0.25, -0.2) is 0 Å². The van der Waals surface area contributed by atoms with Crippen molar-refractivity contribution < 1.29 is 4.74 Å². The van der Waals surface area contributed by atoms with Crippen LogP contribution in [0, 0.1) is 5.92 Å². The number of nitrogens with one attached hydrogen (secondary N) is 2. The maximum absolute atomic E-state index is 5.86. The molecular formula is C19H25ClN2O. The lowest BCUT2D eigenvalue weighted by molar-refractivity contribution is 0.289. The molecule has 0 bridgehead atoms. The van der Waals surface area contributed by atoms with Crippen molar-refractivity contribution in [2.75, 3.05) is 30.3 Å². The number of halogens is 1. The van der Waals surface area contributed by atoms with Crippen LogP contribution in [0.25, 0.3) is 0 Å². The minimum atomic E-state index is 0.670. The van der Waals surface area contributed by atoms with E-state index >= 15 is 0 Å². The Morgan fingerprint density at radius 1 is 0.870 bits per heavy atom. The van der Waals surface area contributed by atoms with Gasteiger partial charge in [0, 0.05) is 29.5 Å². The van der Waals surface area contributed by atoms with E-state index in [2.05, 4.69) is 24.5 Å². The lowest BCUT2D eigenvalue weighted by atomic mass is 10.1. The monoisotopic (exact) mass is 332 g/mol. The Bertz CT molecular complexity index is 567. The van der Waals surface area contributed by atoms with Gasteiger partial charge in [0.25, 0.3) is 0 Å². The van der Waals surface area contributed by atoms with Gasteiger partial charge in [-0.2, -0.15) is 0 Å². The first-order valence-electron chi connectivity index (χ1n) is 8.09. The lowest BCUT2D eigenvalue weighted by Gasteiger charge is -2.11. The van der Waals surface area contributed by atoms with Crippen molar-refractivity contribution in [3.05, 3.63) is 53.6 Å². The lowest BCUT2D eigenvalue weighted by Crippen LogP contribution is -2.13. The average molecular weight is 333 g/mol. The second kappa shape index (κ2) is 9.31. The third-order valence-corrected chi connectivity index (χ3v) is 3.70. The van der Waals surface area contributed by atoms with Crippen molar-refractivity contribution in [2.45, 2.75) is 20.3 Å². The van der Waals surface area contributed by atoms with E-state index in [0.29, 0.717) is 5.92 Å². The van der Waals surface area contributed by atoms with E-state index in [-0.39, 0.29) is 0 Å². The second-order valence-electron chi connectivity index (χ2n) is 5.92. The maximum atomic E-state index is 5.86. The van der Waals surface area contributed by atoms with Crippen LogP contribution in [-0.2, 0) is 0 Å². The SMILES string of the molecule is CC(C)CCOc1ccc(NCCNc2ccc(Cl)cc2)cc1. The molecule has 0 saturated heterocycles. The van der Waals surface area contributed by atoms with E-state index in [1.54, 1.807) is 0 Å². The molecule has 124 valence electrons. The smallest absolute Gasteiger partial charge is 0.119 e. The van der Waals surface area contributed by atoms with E-state index in [9.17, 15) is 0 Å². The molecule has 4 heteroatoms. The molecular weight excluding hydrogens is 308 g/mol. The summed E-state index contributed by atoms with van der Waals surface area (Å²) >= 11 is 5.86. The molecule has 23 heavy (non-hydrogen) atoms. The molecule has 0 aliphatic heterocycles. The van der Waals surface area contributed by atoms with E-state index < -0.39 is 0 Å². The van der Waals surface area contributed by atoms with Crippen LogP contribution in [0.3, 0.4) is 0 Å². The summed E-state index contributed by atoms with van der Waals surface area (Å²) in [5, 5.41) is 7.48. The molecule has 0 atom stereocenters. The Morgan fingerprint density at radius 2 is 1.39 bits per heavy atom. The molecule has 0 unspecified atom stereocenters. The zero-order valence-electron chi connectivity index (χ0n) is 13.8. The van der Waals surface area contributed by atoms with Crippen LogP contribution < -0.4 is 15.4 Å². The highest BCUT2D eigenvalue weighted by Crippen LogP contribution is 2.16. The fraction of sp³-hybridized carbons (Fsp3) is 0.368. The predicted octanol–water partition coefficient (Wildman–Crippen LogP) is 5.29. The highest BCUT2D eigenvalue weighted by molar-refractivity contribution is 6.30. The van der Waals surface area contributed by atoms with Crippen molar-refractivity contribution in [1.29, 1.82) is 0 Å². The summed E-state index contributed by atoms with van der Waals surface area (Å²) in [6.45, 7) is 6.86. The van der Waals surface area contributed by atoms with Crippen molar-refractivity contribution in [2.24, 2.45) is 5.92 Å². The van der Waals surface area contributed by atoms with E-state index in [1.165, 1.54) is 0 Å². The summed E-state index contributed by atoms with van der Waals surface area (Å²) in [7, 11) is 0. The molecule has 2 aromatic carbocycles. The molecule has 0 amide bonds. The first kappa shape index (κ1) is 17.5. The van der Waals surface area contributed by atoms with Crippen LogP contribution in [0.15, 0.2) is 48.5 Å². The van der Waals surface area contributed by atoms with E-state index in [0.717, 1.165) is 48.3 Å². The number of anilines is 2. The summed E-state index contributed by atoms with van der Waals surface area (Å²) in [6.07, 6.45) is 1.08. The zero-order valence-corrected chi connectivity index (χ0v) is 14.6. The molecule has 3 nitrogen and oxygen atoms in total. The Balaban J connectivity index is 1.66. The van der Waals surface area contributed by atoms with E-state index in [1.807, 2.05) is 48.5 Å². The second-order valence-corrected chi connectivity index (χ2v) is 6.35. The Hall–Kier alpha value is -1.87. The minimum Gasteiger partial charge on any atom is -0.494 e. The summed E-state index contributed by atoms with van der Waals surface area (Å²) < 4.78 is 5.71. The van der Waals surface area contributed by atoms with Crippen LogP contribution in [-0.4, -0.2) is 19.7 Å². The van der Waals surface area contributed by atoms with Crippen molar-refractivity contribution >= 4 is 23.0 Å². The van der Waals surface area contributed by atoms with Gasteiger partial charge in [0.1, 0.15) is 5.75 Å². The van der Waals surface area contributed by atoms with Crippen molar-refractivity contribution in [3.63, 3.8) is 0 Å². The fourth-order valence-electron chi connectivity index (χ4n) is 2.06. The quantitative estimate of drug-likeness (QED) is 0.612. The Morgan fingerprint density at radius 3 is 1.91 bits per heavy atom. The molecule has 0 saturated carbocycles. The predicted molar refractivity (Wildman–Crippen MR) is 99.8 cm³/mol. The topological polar surface area (TPSA) is 33.3 Å². The molecule has 2 aromatic rings. The van der Waals surface area contributed by atoms with Gasteiger partial charge in [-0.1, -0.05) is 25.4 Å². The zero-order chi connectivity index (χ0) is 16.5. The highest BCUT2D eigenvalue weighted by atomic mass is 35.5. The van der Waals surface area contributed by atoms with Gasteiger partial charge in [-0.3, -0.25) is 0 Å². The Labute approximate surface area is 144 Å². The minimum absolute atomic E-state index is 0.670. The van der Waals surface area contributed by atoms with E-state index in [4.69, 9.17) is 16.3 Å². The number of hydrogen-bond donors (Lipinski definition) is 2. The first-order chi connectivity index (χ1) is 11.1. The number of rotatable bonds is 9.